The maximum Gasteiger partial charge on any atom is 1.00 e. The van der Waals surface area contributed by atoms with E-state index in [-0.39, 0.29) is 55.0 Å². The SMILES string of the molecule is NC(CO)(CO)CO.Nc1c(S(=O)(=O)O)cc2c3c(c(=O)oc2c1S(=O)(=O)O)CCC3C(CC(=O)O)S(=O)(=O)O.[H-].[Na+]. The summed E-state index contributed by atoms with van der Waals surface area (Å²) in [6, 6.07) is 0.608. The topological polar surface area (TPSA) is 343 Å². The second-order valence-corrected chi connectivity index (χ2v) is 13.2. The molecule has 0 amide bonds. The number of anilines is 1. The Kier molecular flexibility index (Phi) is 12.1. The van der Waals surface area contributed by atoms with Crippen LogP contribution in [0.1, 0.15) is 31.3 Å². The van der Waals surface area contributed by atoms with Crippen LogP contribution in [0.2, 0.25) is 0 Å². The minimum atomic E-state index is -5.36. The number of aliphatic hydroxyl groups excluding tert-OH is 3. The van der Waals surface area contributed by atoms with Crippen LogP contribution >= 0.6 is 0 Å². The molecule has 18 nitrogen and oxygen atoms in total. The molecule has 41 heavy (non-hydrogen) atoms. The summed E-state index contributed by atoms with van der Waals surface area (Å²) >= 11 is 0. The Balaban J connectivity index is 0.00000148. The van der Waals surface area contributed by atoms with Crippen molar-refractivity contribution in [2.24, 2.45) is 5.73 Å². The fraction of sp³-hybridized carbons (Fsp3) is 0.474. The summed E-state index contributed by atoms with van der Waals surface area (Å²) in [6.45, 7) is -1.21. The van der Waals surface area contributed by atoms with Gasteiger partial charge in [0.05, 0.1) is 37.5 Å². The Labute approximate surface area is 256 Å². The molecule has 0 radical (unpaired) electrons. The summed E-state index contributed by atoms with van der Waals surface area (Å²) in [4.78, 5) is 21.1. The smallest absolute Gasteiger partial charge is 1.00 e. The largest absolute Gasteiger partial charge is 1.00 e. The van der Waals surface area contributed by atoms with E-state index in [9.17, 15) is 48.5 Å². The minimum absolute atomic E-state index is 0. The van der Waals surface area contributed by atoms with Crippen LogP contribution < -0.4 is 46.7 Å². The van der Waals surface area contributed by atoms with Crippen LogP contribution in [0.5, 0.6) is 0 Å². The number of benzene rings is 1. The fourth-order valence-corrected chi connectivity index (χ4v) is 6.61. The molecule has 1 aliphatic carbocycles. The summed E-state index contributed by atoms with van der Waals surface area (Å²) in [7, 11) is -15.6. The molecule has 1 aromatic heterocycles. The molecule has 2 atom stereocenters. The zero-order valence-electron chi connectivity index (χ0n) is 22.2. The first-order valence-corrected chi connectivity index (χ1v) is 15.2. The second kappa shape index (κ2) is 13.3. The van der Waals surface area contributed by atoms with E-state index in [4.69, 9.17) is 36.3 Å². The normalized spacial score (nSPS) is 16.3. The number of nitrogen functional groups attached to an aromatic ring is 1. The maximum atomic E-state index is 12.5. The van der Waals surface area contributed by atoms with Crippen LogP contribution in [0.25, 0.3) is 11.0 Å². The van der Waals surface area contributed by atoms with Gasteiger partial charge in [0.1, 0.15) is 10.1 Å². The van der Waals surface area contributed by atoms with Crippen molar-refractivity contribution in [1.82, 2.24) is 0 Å². The Bertz CT molecular complexity index is 1700. The molecule has 0 aliphatic heterocycles. The van der Waals surface area contributed by atoms with Gasteiger partial charge in [-0.25, -0.2) is 4.79 Å². The van der Waals surface area contributed by atoms with Gasteiger partial charge in [-0.1, -0.05) is 0 Å². The molecule has 2 aromatic rings. The number of carbonyl (C=O) groups is 1. The van der Waals surface area contributed by atoms with Crippen LogP contribution in [-0.2, 0) is 41.6 Å². The predicted molar refractivity (Wildman–Crippen MR) is 134 cm³/mol. The van der Waals surface area contributed by atoms with Gasteiger partial charge in [0, 0.05) is 16.9 Å². The van der Waals surface area contributed by atoms with Gasteiger partial charge in [-0.3, -0.25) is 18.5 Å². The zero-order chi connectivity index (χ0) is 31.0. The van der Waals surface area contributed by atoms with Gasteiger partial charge in [0.15, 0.2) is 10.5 Å². The van der Waals surface area contributed by atoms with Crippen molar-refractivity contribution in [1.29, 1.82) is 0 Å². The van der Waals surface area contributed by atoms with Crippen molar-refractivity contribution in [2.45, 2.75) is 45.8 Å². The molecule has 0 saturated carbocycles. The first-order valence-electron chi connectivity index (χ1n) is 10.8. The Morgan fingerprint density at radius 3 is 1.93 bits per heavy atom. The molecule has 0 fully saturated rings. The number of aliphatic hydroxyl groups is 3. The summed E-state index contributed by atoms with van der Waals surface area (Å²) < 4.78 is 105. The van der Waals surface area contributed by atoms with Gasteiger partial charge in [0.2, 0.25) is 0 Å². The molecule has 22 heteroatoms. The number of hydrogen-bond donors (Lipinski definition) is 9. The first kappa shape index (κ1) is 37.3. The third-order valence-corrected chi connectivity index (χ3v) is 9.13. The van der Waals surface area contributed by atoms with E-state index in [0.717, 1.165) is 0 Å². The van der Waals surface area contributed by atoms with E-state index in [0.29, 0.717) is 6.07 Å². The van der Waals surface area contributed by atoms with Crippen molar-refractivity contribution >= 4 is 53.0 Å². The molecule has 0 bridgehead atoms. The van der Waals surface area contributed by atoms with Gasteiger partial charge in [-0.05, 0) is 24.5 Å². The summed E-state index contributed by atoms with van der Waals surface area (Å²) in [5.74, 6) is -3.02. The number of aliphatic carboxylic acids is 1. The number of hydrogen-bond acceptors (Lipinski definition) is 14. The molecular formula is C19H27N2NaO16S3. The van der Waals surface area contributed by atoms with Crippen LogP contribution in [0, 0.1) is 0 Å². The Morgan fingerprint density at radius 2 is 1.56 bits per heavy atom. The molecular weight excluding hydrogens is 631 g/mol. The summed E-state index contributed by atoms with van der Waals surface area (Å²) in [5.41, 5.74) is 5.61. The number of rotatable bonds is 9. The number of carboxylic acid groups (broad SMARTS) is 1. The van der Waals surface area contributed by atoms with Crippen molar-refractivity contribution in [3.63, 3.8) is 0 Å². The van der Waals surface area contributed by atoms with Gasteiger partial charge >= 0.3 is 41.2 Å². The van der Waals surface area contributed by atoms with Crippen LogP contribution in [-0.4, -0.2) is 95.9 Å². The standard InChI is InChI=1S/C15H15NO13S3.C4H11NO3.Na.H/c16-12-9(31(23,24)25)3-7-11-5(8(4-10(17)18)30(20,21)22)1-2-6(11)15(19)29-13(7)14(12)32(26,27)28;5-4(1-6,2-7)3-8;;/h3,5,8H,1-2,4,16H2,(H,17,18)(H,20,21,22)(H,23,24,25)(H,26,27,28);6-8H,1-3,5H2;;/q;;+1;-1. The van der Waals surface area contributed by atoms with E-state index in [1.165, 1.54) is 0 Å². The fourth-order valence-electron chi connectivity index (χ4n) is 4.08. The Morgan fingerprint density at radius 1 is 1.05 bits per heavy atom. The van der Waals surface area contributed by atoms with Crippen molar-refractivity contribution < 1.29 is 99.5 Å². The molecule has 0 saturated heterocycles. The van der Waals surface area contributed by atoms with E-state index in [1.54, 1.807) is 0 Å². The molecule has 228 valence electrons. The van der Waals surface area contributed by atoms with Crippen LogP contribution in [0.15, 0.2) is 25.1 Å². The number of nitrogens with two attached hydrogens (primary N) is 2. The molecule has 1 aliphatic rings. The molecule has 2 unspecified atom stereocenters. The van der Waals surface area contributed by atoms with Gasteiger partial charge in [-0.15, -0.1) is 0 Å². The molecule has 11 N–H and O–H groups in total. The van der Waals surface area contributed by atoms with Crippen molar-refractivity contribution in [2.75, 3.05) is 25.6 Å². The monoisotopic (exact) mass is 658 g/mol. The second-order valence-electron chi connectivity index (χ2n) is 8.86. The average Bonchev–Trinajstić information content (AvgIpc) is 3.25. The summed E-state index contributed by atoms with van der Waals surface area (Å²) in [6.07, 6.45) is -1.49. The van der Waals surface area contributed by atoms with Crippen LogP contribution in [0.3, 0.4) is 0 Å². The molecule has 1 aromatic carbocycles. The summed E-state index contributed by atoms with van der Waals surface area (Å²) in [5, 5.41) is 31.6. The van der Waals surface area contributed by atoms with E-state index in [1.807, 2.05) is 0 Å². The van der Waals surface area contributed by atoms with Gasteiger partial charge in [0.25, 0.3) is 30.4 Å². The van der Waals surface area contributed by atoms with E-state index < -0.39 is 111 Å². The zero-order valence-corrected chi connectivity index (χ0v) is 25.6. The number of fused-ring (bicyclic) bond motifs is 3. The first-order chi connectivity index (χ1) is 18.1. The molecule has 0 spiro atoms. The van der Waals surface area contributed by atoms with E-state index in [2.05, 4.69) is 0 Å². The number of carboxylic acids is 1. The third kappa shape index (κ3) is 8.22. The minimum Gasteiger partial charge on any atom is -1.00 e. The predicted octanol–water partition coefficient (Wildman–Crippen LogP) is -5.59. The molecule has 3 rings (SSSR count). The van der Waals surface area contributed by atoms with Crippen LogP contribution in [0.4, 0.5) is 5.69 Å². The third-order valence-electron chi connectivity index (χ3n) is 6.06. The molecule has 1 heterocycles. The van der Waals surface area contributed by atoms with Gasteiger partial charge < -0.3 is 37.7 Å². The van der Waals surface area contributed by atoms with Gasteiger partial charge in [-0.2, -0.15) is 25.3 Å². The quantitative estimate of drug-likeness (QED) is 0.0524. The van der Waals surface area contributed by atoms with E-state index >= 15 is 0 Å². The Hall–Kier alpha value is -1.73. The van der Waals surface area contributed by atoms with Crippen molar-refractivity contribution in [3.05, 3.63) is 27.6 Å². The average molecular weight is 659 g/mol. The van der Waals surface area contributed by atoms with Crippen molar-refractivity contribution in [3.8, 4) is 0 Å². The maximum absolute atomic E-state index is 12.5.